The van der Waals surface area contributed by atoms with Crippen molar-refractivity contribution in [1.29, 1.82) is 0 Å². The van der Waals surface area contributed by atoms with Crippen LogP contribution in [0, 0.1) is 13.8 Å². The molecule has 0 N–H and O–H groups in total. The summed E-state index contributed by atoms with van der Waals surface area (Å²) in [6.45, 7) is 13.4. The Bertz CT molecular complexity index is 1050. The molecule has 4 nitrogen and oxygen atoms in total. The number of hydrogen-bond donors (Lipinski definition) is 0. The van der Waals surface area contributed by atoms with Gasteiger partial charge in [0.1, 0.15) is 11.5 Å². The minimum Gasteiger partial charge on any atom is -0.465 e. The third kappa shape index (κ3) is 4.66. The summed E-state index contributed by atoms with van der Waals surface area (Å²) in [6, 6.07) is 21.6. The lowest BCUT2D eigenvalue weighted by Gasteiger charge is -2.39. The molecule has 168 valence electrons. The third-order valence-electron chi connectivity index (χ3n) is 6.36. The second kappa shape index (κ2) is 8.95. The first kappa shape index (κ1) is 22.3. The Hall–Kier alpha value is -2.85. The van der Waals surface area contributed by atoms with E-state index >= 15 is 0 Å². The zero-order chi connectivity index (χ0) is 22.9. The van der Waals surface area contributed by atoms with Crippen molar-refractivity contribution in [2.75, 3.05) is 26.2 Å². The van der Waals surface area contributed by atoms with Crippen molar-refractivity contribution < 1.29 is 9.21 Å². The van der Waals surface area contributed by atoms with Crippen LogP contribution in [0.4, 0.5) is 0 Å². The summed E-state index contributed by atoms with van der Waals surface area (Å²) in [4.78, 5) is 17.7. The van der Waals surface area contributed by atoms with E-state index in [-0.39, 0.29) is 17.4 Å². The zero-order valence-corrected chi connectivity index (χ0v) is 19.9. The highest BCUT2D eigenvalue weighted by molar-refractivity contribution is 5.95. The van der Waals surface area contributed by atoms with Gasteiger partial charge in [0.15, 0.2) is 0 Å². The number of rotatable bonds is 4. The number of carbonyl (C=O) groups excluding carboxylic acids is 1. The average Bonchev–Trinajstić information content (AvgIpc) is 3.18. The highest BCUT2D eigenvalue weighted by atomic mass is 16.3. The molecule has 1 aliphatic heterocycles. The molecule has 1 fully saturated rings. The molecule has 1 amide bonds. The van der Waals surface area contributed by atoms with E-state index < -0.39 is 0 Å². The molecule has 0 bridgehead atoms. The van der Waals surface area contributed by atoms with Gasteiger partial charge in [-0.3, -0.25) is 9.69 Å². The van der Waals surface area contributed by atoms with E-state index in [0.29, 0.717) is 24.4 Å². The minimum absolute atomic E-state index is 0.0768. The van der Waals surface area contributed by atoms with Gasteiger partial charge < -0.3 is 9.32 Å². The zero-order valence-electron chi connectivity index (χ0n) is 19.9. The van der Waals surface area contributed by atoms with Crippen molar-refractivity contribution in [2.45, 2.75) is 46.1 Å². The molecule has 1 atom stereocenters. The van der Waals surface area contributed by atoms with Crippen molar-refractivity contribution in [3.63, 3.8) is 0 Å². The predicted molar refractivity (Wildman–Crippen MR) is 129 cm³/mol. The van der Waals surface area contributed by atoms with Crippen LogP contribution in [0.15, 0.2) is 65.1 Å². The monoisotopic (exact) mass is 430 g/mol. The Morgan fingerprint density at radius 2 is 1.47 bits per heavy atom. The Morgan fingerprint density at radius 3 is 2.03 bits per heavy atom. The van der Waals surface area contributed by atoms with E-state index in [0.717, 1.165) is 18.8 Å². The molecule has 0 unspecified atom stereocenters. The SMILES string of the molecule is Cc1ccc([C@@H](c2ccccc2)N2CCN(C(=O)c3cc(C(C)(C)C)oc3C)CC2)cc1. The maximum Gasteiger partial charge on any atom is 0.257 e. The summed E-state index contributed by atoms with van der Waals surface area (Å²) in [6.07, 6.45) is 0. The van der Waals surface area contributed by atoms with Crippen LogP contribution in [0.3, 0.4) is 0 Å². The molecule has 32 heavy (non-hydrogen) atoms. The van der Waals surface area contributed by atoms with E-state index in [4.69, 9.17) is 4.42 Å². The lowest BCUT2D eigenvalue weighted by Crippen LogP contribution is -2.49. The number of nitrogens with zero attached hydrogens (tertiary/aromatic N) is 2. The average molecular weight is 431 g/mol. The molecular formula is C28H34N2O2. The number of furan rings is 1. The van der Waals surface area contributed by atoms with Crippen molar-refractivity contribution in [2.24, 2.45) is 0 Å². The van der Waals surface area contributed by atoms with Crippen LogP contribution < -0.4 is 0 Å². The van der Waals surface area contributed by atoms with Crippen LogP contribution in [-0.2, 0) is 5.41 Å². The summed E-state index contributed by atoms with van der Waals surface area (Å²) < 4.78 is 5.92. The number of amides is 1. The summed E-state index contributed by atoms with van der Waals surface area (Å²) in [5.41, 5.74) is 4.43. The maximum atomic E-state index is 13.3. The molecule has 0 spiro atoms. The molecular weight excluding hydrogens is 396 g/mol. The highest BCUT2D eigenvalue weighted by Crippen LogP contribution is 2.31. The molecule has 0 radical (unpaired) electrons. The molecule has 0 saturated carbocycles. The maximum absolute atomic E-state index is 13.3. The van der Waals surface area contributed by atoms with Gasteiger partial charge in [-0.1, -0.05) is 80.9 Å². The van der Waals surface area contributed by atoms with Crippen LogP contribution >= 0.6 is 0 Å². The van der Waals surface area contributed by atoms with E-state index in [1.54, 1.807) is 0 Å². The van der Waals surface area contributed by atoms with Crippen molar-refractivity contribution >= 4 is 5.91 Å². The normalized spacial score (nSPS) is 16.2. The predicted octanol–water partition coefficient (Wildman–Crippen LogP) is 5.74. The first-order chi connectivity index (χ1) is 15.2. The van der Waals surface area contributed by atoms with Gasteiger partial charge in [0.05, 0.1) is 11.6 Å². The minimum atomic E-state index is -0.112. The Labute approximate surface area is 191 Å². The van der Waals surface area contributed by atoms with Crippen LogP contribution in [0.2, 0.25) is 0 Å². The van der Waals surface area contributed by atoms with E-state index in [1.807, 2.05) is 17.9 Å². The fourth-order valence-electron chi connectivity index (χ4n) is 4.42. The molecule has 2 aromatic carbocycles. The summed E-state index contributed by atoms with van der Waals surface area (Å²) >= 11 is 0. The lowest BCUT2D eigenvalue weighted by molar-refractivity contribution is 0.0595. The van der Waals surface area contributed by atoms with Crippen LogP contribution in [0.5, 0.6) is 0 Å². The van der Waals surface area contributed by atoms with Gasteiger partial charge in [0.2, 0.25) is 0 Å². The number of piperazine rings is 1. The third-order valence-corrected chi connectivity index (χ3v) is 6.36. The standard InChI is InChI=1S/C28H34N2O2/c1-20-11-13-23(14-12-20)26(22-9-7-6-8-10-22)29-15-17-30(18-16-29)27(31)24-19-25(28(3,4)5)32-21(24)2/h6-14,19,26H,15-18H2,1-5H3/t26-/m1/s1. The number of aryl methyl sites for hydroxylation is 2. The van der Waals surface area contributed by atoms with Crippen LogP contribution in [-0.4, -0.2) is 41.9 Å². The van der Waals surface area contributed by atoms with Gasteiger partial charge in [0.25, 0.3) is 5.91 Å². The first-order valence-corrected chi connectivity index (χ1v) is 11.5. The molecule has 1 saturated heterocycles. The highest BCUT2D eigenvalue weighted by Gasteiger charge is 2.31. The molecule has 4 rings (SSSR count). The number of hydrogen-bond acceptors (Lipinski definition) is 3. The van der Waals surface area contributed by atoms with Crippen molar-refractivity contribution in [3.8, 4) is 0 Å². The molecule has 1 aliphatic rings. The topological polar surface area (TPSA) is 36.7 Å². The fourth-order valence-corrected chi connectivity index (χ4v) is 4.42. The Balaban J connectivity index is 1.52. The van der Waals surface area contributed by atoms with Crippen LogP contribution in [0.25, 0.3) is 0 Å². The smallest absolute Gasteiger partial charge is 0.257 e. The van der Waals surface area contributed by atoms with E-state index in [1.165, 1.54) is 16.7 Å². The van der Waals surface area contributed by atoms with E-state index in [9.17, 15) is 4.79 Å². The molecule has 3 aromatic rings. The molecule has 4 heteroatoms. The summed E-state index contributed by atoms with van der Waals surface area (Å²) in [7, 11) is 0. The molecule has 2 heterocycles. The molecule has 0 aliphatic carbocycles. The van der Waals surface area contributed by atoms with Crippen molar-refractivity contribution in [1.82, 2.24) is 9.80 Å². The van der Waals surface area contributed by atoms with Crippen LogP contribution in [0.1, 0.15) is 65.4 Å². The van der Waals surface area contributed by atoms with Gasteiger partial charge >= 0.3 is 0 Å². The first-order valence-electron chi connectivity index (χ1n) is 11.5. The van der Waals surface area contributed by atoms with Gasteiger partial charge in [-0.25, -0.2) is 0 Å². The van der Waals surface area contributed by atoms with Gasteiger partial charge in [0, 0.05) is 31.6 Å². The fraction of sp³-hybridized carbons (Fsp3) is 0.393. The van der Waals surface area contributed by atoms with E-state index in [2.05, 4.69) is 87.2 Å². The number of carbonyl (C=O) groups is 1. The second-order valence-corrected chi connectivity index (χ2v) is 9.88. The lowest BCUT2D eigenvalue weighted by atomic mass is 9.93. The number of benzene rings is 2. The van der Waals surface area contributed by atoms with Crippen molar-refractivity contribution in [3.05, 3.63) is 94.4 Å². The van der Waals surface area contributed by atoms with Gasteiger partial charge in [-0.05, 0) is 31.0 Å². The summed E-state index contributed by atoms with van der Waals surface area (Å²) in [5, 5.41) is 0. The molecule has 1 aromatic heterocycles. The van der Waals surface area contributed by atoms with Gasteiger partial charge in [-0.15, -0.1) is 0 Å². The Kier molecular flexibility index (Phi) is 6.25. The quantitative estimate of drug-likeness (QED) is 0.529. The largest absolute Gasteiger partial charge is 0.465 e. The Morgan fingerprint density at radius 1 is 0.875 bits per heavy atom. The van der Waals surface area contributed by atoms with Gasteiger partial charge in [-0.2, -0.15) is 0 Å². The summed E-state index contributed by atoms with van der Waals surface area (Å²) in [5.74, 6) is 1.65. The second-order valence-electron chi connectivity index (χ2n) is 9.88.